The molecule has 0 spiro atoms. The molecule has 32 heavy (non-hydrogen) atoms. The van der Waals surface area contributed by atoms with E-state index in [9.17, 15) is 18.0 Å². The number of aliphatic imine (C=N–C) groups is 1. The number of rotatable bonds is 11. The summed E-state index contributed by atoms with van der Waals surface area (Å²) in [5, 5.41) is 6.25. The molecule has 0 saturated carbocycles. The Hall–Kier alpha value is -1.56. The minimum Gasteiger partial charge on any atom is -0.354 e. The van der Waals surface area contributed by atoms with Gasteiger partial charge in [-0.05, 0) is 57.1 Å². The zero-order chi connectivity index (χ0) is 23.4. The Morgan fingerprint density at radius 1 is 1.19 bits per heavy atom. The largest absolute Gasteiger partial charge is 0.416 e. The van der Waals surface area contributed by atoms with Crippen molar-refractivity contribution in [3.05, 3.63) is 35.4 Å². The number of nitrogens with one attached hydrogen (secondary N) is 2. The fraction of sp³-hybridized carbons (Fsp3) is 0.636. The molecule has 0 fully saturated rings. The van der Waals surface area contributed by atoms with Crippen LogP contribution in [0.25, 0.3) is 0 Å². The number of carbonyl (C=O) groups is 1. The highest BCUT2D eigenvalue weighted by molar-refractivity contribution is 14.0. The van der Waals surface area contributed by atoms with Gasteiger partial charge in [0.2, 0.25) is 5.91 Å². The van der Waals surface area contributed by atoms with Crippen molar-refractivity contribution in [3.8, 4) is 0 Å². The molecular formula is C22H37F3IN5O. The van der Waals surface area contributed by atoms with Crippen LogP contribution in [0, 0.1) is 0 Å². The molecule has 1 atom stereocenters. The number of alkyl halides is 3. The Kier molecular flexibility index (Phi) is 14.6. The Morgan fingerprint density at radius 2 is 1.84 bits per heavy atom. The molecule has 0 radical (unpaired) electrons. The number of guanidine groups is 1. The molecule has 6 nitrogen and oxygen atoms in total. The molecule has 0 saturated heterocycles. The normalized spacial score (nSPS) is 12.8. The van der Waals surface area contributed by atoms with Crippen LogP contribution < -0.4 is 10.6 Å². The summed E-state index contributed by atoms with van der Waals surface area (Å²) >= 11 is 0. The zero-order valence-electron chi connectivity index (χ0n) is 19.6. The second kappa shape index (κ2) is 15.3. The number of amides is 1. The van der Waals surface area contributed by atoms with Crippen molar-refractivity contribution in [2.24, 2.45) is 4.99 Å². The molecule has 2 N–H and O–H groups in total. The molecule has 0 aliphatic heterocycles. The molecule has 0 aromatic heterocycles. The molecule has 1 unspecified atom stereocenters. The topological polar surface area (TPSA) is 60.0 Å². The van der Waals surface area contributed by atoms with Crippen molar-refractivity contribution < 1.29 is 18.0 Å². The van der Waals surface area contributed by atoms with Gasteiger partial charge >= 0.3 is 6.18 Å². The monoisotopic (exact) mass is 571 g/mol. The van der Waals surface area contributed by atoms with Crippen molar-refractivity contribution in [2.75, 3.05) is 40.3 Å². The number of nitrogens with zero attached hydrogens (tertiary/aromatic N) is 3. The smallest absolute Gasteiger partial charge is 0.354 e. The summed E-state index contributed by atoms with van der Waals surface area (Å²) in [6, 6.07) is 5.21. The van der Waals surface area contributed by atoms with Crippen LogP contribution in [0.1, 0.15) is 44.7 Å². The van der Waals surface area contributed by atoms with E-state index in [1.807, 2.05) is 6.92 Å². The molecule has 1 aromatic carbocycles. The molecular weight excluding hydrogens is 534 g/mol. The highest BCUT2D eigenvalue weighted by atomic mass is 127. The summed E-state index contributed by atoms with van der Waals surface area (Å²) < 4.78 is 38.8. The molecule has 1 rings (SSSR count). The third-order valence-electron chi connectivity index (χ3n) is 4.97. The van der Waals surface area contributed by atoms with Crippen LogP contribution in [0.3, 0.4) is 0 Å². The van der Waals surface area contributed by atoms with Crippen LogP contribution in [0.4, 0.5) is 13.2 Å². The lowest BCUT2D eigenvalue weighted by Gasteiger charge is -2.21. The predicted octanol–water partition coefficient (Wildman–Crippen LogP) is 3.96. The van der Waals surface area contributed by atoms with Crippen molar-refractivity contribution in [2.45, 2.75) is 52.4 Å². The Morgan fingerprint density at radius 3 is 2.41 bits per heavy atom. The third-order valence-corrected chi connectivity index (χ3v) is 4.97. The minimum absolute atomic E-state index is 0. The van der Waals surface area contributed by atoms with E-state index in [1.54, 1.807) is 20.2 Å². The number of hydrogen-bond donors (Lipinski definition) is 2. The molecule has 184 valence electrons. The summed E-state index contributed by atoms with van der Waals surface area (Å²) in [6.07, 6.45) is -2.48. The maximum absolute atomic E-state index is 12.9. The summed E-state index contributed by atoms with van der Waals surface area (Å²) in [5.41, 5.74) is -0.251. The van der Waals surface area contributed by atoms with Crippen LogP contribution >= 0.6 is 24.0 Å². The average Bonchev–Trinajstić information content (AvgIpc) is 2.72. The van der Waals surface area contributed by atoms with Crippen LogP contribution in [0.5, 0.6) is 0 Å². The van der Waals surface area contributed by atoms with E-state index in [-0.39, 0.29) is 49.0 Å². The summed E-state index contributed by atoms with van der Waals surface area (Å²) in [6.45, 7) is 9.44. The van der Waals surface area contributed by atoms with E-state index >= 15 is 0 Å². The second-order valence-corrected chi connectivity index (χ2v) is 7.72. The first kappa shape index (κ1) is 30.4. The molecule has 0 aliphatic carbocycles. The van der Waals surface area contributed by atoms with Crippen LogP contribution in [0.2, 0.25) is 0 Å². The van der Waals surface area contributed by atoms with Crippen molar-refractivity contribution in [3.63, 3.8) is 0 Å². The molecule has 0 aliphatic rings. The van der Waals surface area contributed by atoms with Crippen molar-refractivity contribution >= 4 is 35.8 Å². The van der Waals surface area contributed by atoms with Gasteiger partial charge in [0.15, 0.2) is 5.96 Å². The number of halogens is 4. The van der Waals surface area contributed by atoms with E-state index in [0.29, 0.717) is 11.5 Å². The number of likely N-dealkylation sites (N-methyl/N-ethyl adjacent to an activating group) is 1. The van der Waals surface area contributed by atoms with Crippen LogP contribution in [-0.4, -0.2) is 68.0 Å². The SMILES string of the molecule is CCN(CC)CCCC(C)NC(=NCc1cccc(C(F)(F)F)c1)NCC(=O)N(C)C.I. The maximum atomic E-state index is 12.9. The van der Waals surface area contributed by atoms with Crippen LogP contribution in [-0.2, 0) is 17.5 Å². The third kappa shape index (κ3) is 11.9. The molecule has 1 amide bonds. The lowest BCUT2D eigenvalue weighted by Crippen LogP contribution is -2.46. The van der Waals surface area contributed by atoms with Gasteiger partial charge in [-0.3, -0.25) is 4.79 Å². The van der Waals surface area contributed by atoms with Gasteiger partial charge in [0.25, 0.3) is 0 Å². The molecule has 1 aromatic rings. The van der Waals surface area contributed by atoms with Gasteiger partial charge < -0.3 is 20.4 Å². The van der Waals surface area contributed by atoms with Gasteiger partial charge in [0.05, 0.1) is 18.7 Å². The fourth-order valence-corrected chi connectivity index (χ4v) is 2.95. The lowest BCUT2D eigenvalue weighted by atomic mass is 10.1. The summed E-state index contributed by atoms with van der Waals surface area (Å²) in [7, 11) is 3.32. The average molecular weight is 571 g/mol. The van der Waals surface area contributed by atoms with Gasteiger partial charge in [-0.2, -0.15) is 13.2 Å². The Labute approximate surface area is 207 Å². The van der Waals surface area contributed by atoms with E-state index in [4.69, 9.17) is 0 Å². The summed E-state index contributed by atoms with van der Waals surface area (Å²) in [5.74, 6) is 0.283. The second-order valence-electron chi connectivity index (χ2n) is 7.72. The first-order valence-corrected chi connectivity index (χ1v) is 10.7. The van der Waals surface area contributed by atoms with Gasteiger partial charge in [-0.25, -0.2) is 4.99 Å². The molecule has 0 bridgehead atoms. The summed E-state index contributed by atoms with van der Waals surface area (Å²) in [4.78, 5) is 20.1. The Bertz CT molecular complexity index is 709. The standard InChI is InChI=1S/C22H36F3N5O.HI/c1-6-30(7-2)13-9-10-17(3)28-21(27-16-20(31)29(4)5)26-15-18-11-8-12-19(14-18)22(23,24)25;/h8,11-12,14,17H,6-7,9-10,13,15-16H2,1-5H3,(H2,26,27,28);1H. The molecule has 0 heterocycles. The fourth-order valence-electron chi connectivity index (χ4n) is 2.95. The van der Waals surface area contributed by atoms with Crippen LogP contribution in [0.15, 0.2) is 29.3 Å². The first-order valence-electron chi connectivity index (χ1n) is 10.7. The van der Waals surface area contributed by atoms with Crippen molar-refractivity contribution in [1.29, 1.82) is 0 Å². The van der Waals surface area contributed by atoms with Gasteiger partial charge in [0, 0.05) is 20.1 Å². The Balaban J connectivity index is 0.00000961. The zero-order valence-corrected chi connectivity index (χ0v) is 22.0. The quantitative estimate of drug-likeness (QED) is 0.240. The lowest BCUT2D eigenvalue weighted by molar-refractivity contribution is -0.137. The highest BCUT2D eigenvalue weighted by Gasteiger charge is 2.30. The van der Waals surface area contributed by atoms with Gasteiger partial charge in [-0.1, -0.05) is 26.0 Å². The first-order chi connectivity index (χ1) is 14.6. The van der Waals surface area contributed by atoms with E-state index < -0.39 is 11.7 Å². The minimum atomic E-state index is -4.39. The molecule has 10 heteroatoms. The van der Waals surface area contributed by atoms with E-state index in [2.05, 4.69) is 34.4 Å². The predicted molar refractivity (Wildman–Crippen MR) is 134 cm³/mol. The highest BCUT2D eigenvalue weighted by Crippen LogP contribution is 2.29. The maximum Gasteiger partial charge on any atom is 0.416 e. The number of benzene rings is 1. The number of hydrogen-bond acceptors (Lipinski definition) is 3. The van der Waals surface area contributed by atoms with E-state index in [0.717, 1.165) is 44.6 Å². The van der Waals surface area contributed by atoms with Crippen molar-refractivity contribution in [1.82, 2.24) is 20.4 Å². The van der Waals surface area contributed by atoms with Gasteiger partial charge in [0.1, 0.15) is 0 Å². The van der Waals surface area contributed by atoms with Gasteiger partial charge in [-0.15, -0.1) is 24.0 Å². The van der Waals surface area contributed by atoms with E-state index in [1.165, 1.54) is 11.0 Å². The number of carbonyl (C=O) groups excluding carboxylic acids is 1.